The van der Waals surface area contributed by atoms with Crippen molar-refractivity contribution in [1.82, 2.24) is 0 Å². The maximum atomic E-state index is 13.0. The smallest absolute Gasteiger partial charge is 0.462 e. The second-order valence-electron chi connectivity index (χ2n) is 26.1. The summed E-state index contributed by atoms with van der Waals surface area (Å²) in [5.41, 5.74) is 0. The fraction of sp³-hybridized carbons (Fsp3) is 0.944. The highest BCUT2D eigenvalue weighted by Crippen LogP contribution is 2.45. The second kappa shape index (κ2) is 64.4. The third-order valence-electron chi connectivity index (χ3n) is 16.5. The van der Waals surface area contributed by atoms with Gasteiger partial charge in [-0.2, -0.15) is 0 Å². The first-order valence-electron chi connectivity index (χ1n) is 37.1. The standard InChI is InChI=1S/C71H138O17P2/c1-6-9-12-15-18-21-24-25-26-27-28-29-30-33-36-41-47-52-57-71(76)87-66(60-81-68(73)54-49-44-39-34-31-22-19-16-13-10-7-2)62-85-89(77,78)83-58-65(72)59-84-90(79,80)86-63-67(61-82-69(74)55-50-45-42-37-38-43-48-53-64(4)5)88-70(75)56-51-46-40-35-32-23-20-17-14-11-8-3/h64-67,72H,6-63H2,1-5H3,(H,77,78)(H,79,80)/t65-,66-,67-/m1/s1. The number of hydrogen-bond donors (Lipinski definition) is 3. The van der Waals surface area contributed by atoms with Crippen LogP contribution in [0.1, 0.15) is 369 Å². The lowest BCUT2D eigenvalue weighted by molar-refractivity contribution is -0.161. The molecule has 5 atom stereocenters. The van der Waals surface area contributed by atoms with Gasteiger partial charge in [-0.3, -0.25) is 37.3 Å². The Kier molecular flexibility index (Phi) is 63.0. The van der Waals surface area contributed by atoms with Gasteiger partial charge >= 0.3 is 39.5 Å². The minimum atomic E-state index is -4.95. The van der Waals surface area contributed by atoms with Gasteiger partial charge in [0.2, 0.25) is 0 Å². The van der Waals surface area contributed by atoms with E-state index < -0.39 is 97.5 Å². The molecule has 17 nitrogen and oxygen atoms in total. The van der Waals surface area contributed by atoms with Crippen molar-refractivity contribution in [2.45, 2.75) is 387 Å². The van der Waals surface area contributed by atoms with E-state index in [2.05, 4.69) is 34.6 Å². The maximum absolute atomic E-state index is 13.0. The zero-order chi connectivity index (χ0) is 66.3. The van der Waals surface area contributed by atoms with Gasteiger partial charge in [-0.15, -0.1) is 0 Å². The summed E-state index contributed by atoms with van der Waals surface area (Å²) in [6.07, 6.45) is 51.3. The number of phosphoric acid groups is 2. The van der Waals surface area contributed by atoms with Crippen molar-refractivity contribution in [3.8, 4) is 0 Å². The third-order valence-corrected chi connectivity index (χ3v) is 18.4. The van der Waals surface area contributed by atoms with Crippen LogP contribution in [-0.2, 0) is 65.4 Å². The molecule has 0 fully saturated rings. The van der Waals surface area contributed by atoms with Gasteiger partial charge in [-0.1, -0.05) is 317 Å². The molecule has 0 aliphatic rings. The Hall–Kier alpha value is -1.94. The maximum Gasteiger partial charge on any atom is 0.472 e. The van der Waals surface area contributed by atoms with Crippen molar-refractivity contribution in [2.24, 2.45) is 5.92 Å². The summed E-state index contributed by atoms with van der Waals surface area (Å²) in [5.74, 6) is -1.42. The predicted octanol–water partition coefficient (Wildman–Crippen LogP) is 20.5. The summed E-state index contributed by atoms with van der Waals surface area (Å²) in [4.78, 5) is 72.5. The molecule has 0 aliphatic carbocycles. The monoisotopic (exact) mass is 1320 g/mol. The number of carbonyl (C=O) groups is 4. The average molecular weight is 1330 g/mol. The van der Waals surface area contributed by atoms with Crippen molar-refractivity contribution in [3.63, 3.8) is 0 Å². The van der Waals surface area contributed by atoms with Crippen LogP contribution in [0.3, 0.4) is 0 Å². The van der Waals surface area contributed by atoms with E-state index in [1.165, 1.54) is 186 Å². The molecule has 534 valence electrons. The summed E-state index contributed by atoms with van der Waals surface area (Å²) in [7, 11) is -9.90. The molecule has 0 bridgehead atoms. The SMILES string of the molecule is CCCCCCCCCCCCCCCCCCCCC(=O)O[C@H](COC(=O)CCCCCCCCCCCCC)COP(=O)(O)OC[C@@H](O)COP(=O)(O)OC[C@@H](COC(=O)CCCCCCCCCC(C)C)OC(=O)CCCCCCCCCCCCC. The van der Waals surface area contributed by atoms with Crippen molar-refractivity contribution in [2.75, 3.05) is 39.6 Å². The summed E-state index contributed by atoms with van der Waals surface area (Å²) in [6, 6.07) is 0. The van der Waals surface area contributed by atoms with Gasteiger partial charge in [0.1, 0.15) is 19.3 Å². The van der Waals surface area contributed by atoms with E-state index in [1.54, 1.807) is 0 Å². The highest BCUT2D eigenvalue weighted by molar-refractivity contribution is 7.47. The van der Waals surface area contributed by atoms with Crippen LogP contribution >= 0.6 is 15.6 Å². The molecule has 0 amide bonds. The van der Waals surface area contributed by atoms with Gasteiger partial charge < -0.3 is 33.8 Å². The van der Waals surface area contributed by atoms with Gasteiger partial charge in [0.15, 0.2) is 12.2 Å². The van der Waals surface area contributed by atoms with Crippen LogP contribution in [0.15, 0.2) is 0 Å². The molecular weight excluding hydrogens is 1190 g/mol. The number of rotatable bonds is 71. The molecule has 0 spiro atoms. The number of esters is 4. The van der Waals surface area contributed by atoms with Crippen molar-refractivity contribution >= 4 is 39.5 Å². The molecule has 3 N–H and O–H groups in total. The largest absolute Gasteiger partial charge is 0.472 e. The van der Waals surface area contributed by atoms with Gasteiger partial charge in [0.05, 0.1) is 26.4 Å². The molecule has 0 rings (SSSR count). The number of carbonyl (C=O) groups excluding carboxylic acids is 4. The number of hydrogen-bond acceptors (Lipinski definition) is 15. The number of aliphatic hydroxyl groups excluding tert-OH is 1. The van der Waals surface area contributed by atoms with Crippen LogP contribution < -0.4 is 0 Å². The summed E-state index contributed by atoms with van der Waals surface area (Å²) in [5, 5.41) is 10.6. The van der Waals surface area contributed by atoms with E-state index in [4.69, 9.17) is 37.0 Å². The molecule has 19 heteroatoms. The zero-order valence-electron chi connectivity index (χ0n) is 58.3. The lowest BCUT2D eigenvalue weighted by Crippen LogP contribution is -2.30. The number of unbranched alkanes of at least 4 members (excludes halogenated alkanes) is 43. The van der Waals surface area contributed by atoms with Gasteiger partial charge in [0.25, 0.3) is 0 Å². The molecule has 0 aromatic rings. The molecule has 0 aromatic heterocycles. The lowest BCUT2D eigenvalue weighted by atomic mass is 10.0. The van der Waals surface area contributed by atoms with Gasteiger partial charge in [0, 0.05) is 25.7 Å². The highest BCUT2D eigenvalue weighted by Gasteiger charge is 2.30. The number of aliphatic hydroxyl groups is 1. The third kappa shape index (κ3) is 64.8. The quantitative estimate of drug-likeness (QED) is 0.0222. The molecule has 0 saturated heterocycles. The summed E-state index contributed by atoms with van der Waals surface area (Å²) < 4.78 is 68.3. The normalized spacial score (nSPS) is 14.1. The van der Waals surface area contributed by atoms with Crippen molar-refractivity contribution in [3.05, 3.63) is 0 Å². The molecule has 0 heterocycles. The Morgan fingerprint density at radius 3 is 0.756 bits per heavy atom. The van der Waals surface area contributed by atoms with Crippen LogP contribution in [0.4, 0.5) is 0 Å². The topological polar surface area (TPSA) is 237 Å². The van der Waals surface area contributed by atoms with E-state index in [0.29, 0.717) is 31.6 Å². The Bertz CT molecular complexity index is 1740. The van der Waals surface area contributed by atoms with E-state index in [0.717, 1.165) is 96.3 Å². The van der Waals surface area contributed by atoms with Gasteiger partial charge in [-0.25, -0.2) is 9.13 Å². The van der Waals surface area contributed by atoms with E-state index in [1.807, 2.05) is 0 Å². The molecule has 0 saturated carbocycles. The van der Waals surface area contributed by atoms with Gasteiger partial charge in [-0.05, 0) is 31.6 Å². The van der Waals surface area contributed by atoms with Crippen molar-refractivity contribution < 1.29 is 80.2 Å². The second-order valence-corrected chi connectivity index (χ2v) is 29.0. The lowest BCUT2D eigenvalue weighted by Gasteiger charge is -2.21. The van der Waals surface area contributed by atoms with Crippen LogP contribution in [0.5, 0.6) is 0 Å². The predicted molar refractivity (Wildman–Crippen MR) is 363 cm³/mol. The molecule has 2 unspecified atom stereocenters. The summed E-state index contributed by atoms with van der Waals surface area (Å²) >= 11 is 0. The Labute approximate surface area is 549 Å². The van der Waals surface area contributed by atoms with Crippen LogP contribution in [-0.4, -0.2) is 96.7 Å². The molecular formula is C71H138O17P2. The first-order chi connectivity index (χ1) is 43.5. The Morgan fingerprint density at radius 1 is 0.300 bits per heavy atom. The average Bonchev–Trinajstić information content (AvgIpc) is 3.57. The van der Waals surface area contributed by atoms with E-state index in [9.17, 15) is 43.2 Å². The van der Waals surface area contributed by atoms with E-state index >= 15 is 0 Å². The molecule has 0 aliphatic heterocycles. The van der Waals surface area contributed by atoms with Crippen molar-refractivity contribution in [1.29, 1.82) is 0 Å². The number of phosphoric ester groups is 2. The van der Waals surface area contributed by atoms with Crippen LogP contribution in [0, 0.1) is 5.92 Å². The first-order valence-corrected chi connectivity index (χ1v) is 40.1. The molecule has 0 aromatic carbocycles. The Balaban J connectivity index is 5.21. The van der Waals surface area contributed by atoms with Crippen LogP contribution in [0.25, 0.3) is 0 Å². The molecule has 90 heavy (non-hydrogen) atoms. The minimum Gasteiger partial charge on any atom is -0.462 e. The minimum absolute atomic E-state index is 0.106. The fourth-order valence-electron chi connectivity index (χ4n) is 10.8. The number of ether oxygens (including phenoxy) is 4. The Morgan fingerprint density at radius 2 is 0.511 bits per heavy atom. The fourth-order valence-corrected chi connectivity index (χ4v) is 12.4. The van der Waals surface area contributed by atoms with E-state index in [-0.39, 0.29) is 25.7 Å². The first kappa shape index (κ1) is 88.1. The summed E-state index contributed by atoms with van der Waals surface area (Å²) in [6.45, 7) is 7.19. The van der Waals surface area contributed by atoms with Crippen LogP contribution in [0.2, 0.25) is 0 Å². The molecule has 0 radical (unpaired) electrons. The zero-order valence-corrected chi connectivity index (χ0v) is 60.1. The highest BCUT2D eigenvalue weighted by atomic mass is 31.2.